The Balaban J connectivity index is 1.86. The fourth-order valence-corrected chi connectivity index (χ4v) is 2.48. The number of nitrogens with one attached hydrogen (secondary N) is 1. The first kappa shape index (κ1) is 11.9. The van der Waals surface area contributed by atoms with Crippen LogP contribution in [0, 0.1) is 13.8 Å². The van der Waals surface area contributed by atoms with E-state index in [0.29, 0.717) is 6.61 Å². The summed E-state index contributed by atoms with van der Waals surface area (Å²) in [5.41, 5.74) is 4.71. The van der Waals surface area contributed by atoms with Gasteiger partial charge < -0.3 is 15.2 Å². The lowest BCUT2D eigenvalue weighted by Gasteiger charge is -2.15. The lowest BCUT2D eigenvalue weighted by atomic mass is 10.1. The van der Waals surface area contributed by atoms with Crippen molar-refractivity contribution in [3.8, 4) is 11.5 Å². The number of anilines is 1. The van der Waals surface area contributed by atoms with E-state index >= 15 is 0 Å². The molecule has 0 bridgehead atoms. The average molecular weight is 255 g/mol. The zero-order valence-electron chi connectivity index (χ0n) is 11.1. The third kappa shape index (κ3) is 2.24. The fraction of sp³-hybridized carbons (Fsp3) is 0.250. The monoisotopic (exact) mass is 255 g/mol. The lowest BCUT2D eigenvalue weighted by Crippen LogP contribution is -2.12. The molecule has 1 atom stereocenters. The van der Waals surface area contributed by atoms with Gasteiger partial charge in [-0.1, -0.05) is 17.7 Å². The van der Waals surface area contributed by atoms with Crippen molar-refractivity contribution < 1.29 is 9.84 Å². The molecule has 2 aromatic carbocycles. The number of phenolic OH excluding ortho intramolecular Hbond substituents is 1. The van der Waals surface area contributed by atoms with Gasteiger partial charge in [-0.15, -0.1) is 0 Å². The summed E-state index contributed by atoms with van der Waals surface area (Å²) in [6.45, 7) is 4.78. The Kier molecular flexibility index (Phi) is 2.82. The number of fused-ring (bicyclic) bond motifs is 1. The predicted molar refractivity (Wildman–Crippen MR) is 75.9 cm³/mol. The maximum Gasteiger partial charge on any atom is 0.128 e. The largest absolute Gasteiger partial charge is 0.508 e. The molecule has 2 N–H and O–H groups in total. The quantitative estimate of drug-likeness (QED) is 0.862. The zero-order valence-corrected chi connectivity index (χ0v) is 11.1. The van der Waals surface area contributed by atoms with Gasteiger partial charge in [-0.3, -0.25) is 0 Å². The van der Waals surface area contributed by atoms with Crippen LogP contribution in [0.25, 0.3) is 0 Å². The van der Waals surface area contributed by atoms with Crippen molar-refractivity contribution in [3.05, 3.63) is 53.1 Å². The standard InChI is InChI=1S/C16H17NO2/c1-10-3-6-14(11(2)7-10)17-15-9-19-16-8-12(18)4-5-13(15)16/h3-8,15,17-18H,9H2,1-2H3. The summed E-state index contributed by atoms with van der Waals surface area (Å²) in [4.78, 5) is 0. The molecule has 0 saturated heterocycles. The first-order valence-corrected chi connectivity index (χ1v) is 6.43. The number of rotatable bonds is 2. The van der Waals surface area contributed by atoms with Gasteiger partial charge in [-0.25, -0.2) is 0 Å². The number of ether oxygens (including phenoxy) is 1. The summed E-state index contributed by atoms with van der Waals surface area (Å²) >= 11 is 0. The molecule has 1 unspecified atom stereocenters. The number of phenols is 1. The van der Waals surface area contributed by atoms with Crippen molar-refractivity contribution in [2.75, 3.05) is 11.9 Å². The molecule has 3 nitrogen and oxygen atoms in total. The van der Waals surface area contributed by atoms with Crippen LogP contribution in [0.2, 0.25) is 0 Å². The minimum Gasteiger partial charge on any atom is -0.508 e. The SMILES string of the molecule is Cc1ccc(NC2COc3cc(O)ccc32)c(C)c1. The normalized spacial score (nSPS) is 16.8. The lowest BCUT2D eigenvalue weighted by molar-refractivity contribution is 0.338. The van der Waals surface area contributed by atoms with Gasteiger partial charge in [0.15, 0.2) is 0 Å². The Morgan fingerprint density at radius 3 is 2.79 bits per heavy atom. The molecule has 0 radical (unpaired) electrons. The van der Waals surface area contributed by atoms with Crippen LogP contribution >= 0.6 is 0 Å². The number of aromatic hydroxyl groups is 1. The predicted octanol–water partition coefficient (Wildman–Crippen LogP) is 3.55. The highest BCUT2D eigenvalue weighted by Gasteiger charge is 2.24. The van der Waals surface area contributed by atoms with Crippen LogP contribution in [0.3, 0.4) is 0 Å². The summed E-state index contributed by atoms with van der Waals surface area (Å²) in [6.07, 6.45) is 0. The molecule has 2 aromatic rings. The van der Waals surface area contributed by atoms with E-state index in [2.05, 4.69) is 37.4 Å². The highest BCUT2D eigenvalue weighted by molar-refractivity contribution is 5.56. The van der Waals surface area contributed by atoms with E-state index in [4.69, 9.17) is 4.74 Å². The molecule has 1 aliphatic heterocycles. The maximum absolute atomic E-state index is 9.45. The van der Waals surface area contributed by atoms with Crippen molar-refractivity contribution in [1.82, 2.24) is 0 Å². The molecule has 0 aliphatic carbocycles. The van der Waals surface area contributed by atoms with Crippen LogP contribution in [0.1, 0.15) is 22.7 Å². The molecule has 0 spiro atoms. The van der Waals surface area contributed by atoms with Gasteiger partial charge in [0, 0.05) is 17.3 Å². The first-order valence-electron chi connectivity index (χ1n) is 6.43. The van der Waals surface area contributed by atoms with E-state index in [1.54, 1.807) is 12.1 Å². The fourth-order valence-electron chi connectivity index (χ4n) is 2.48. The number of aryl methyl sites for hydroxylation is 2. The van der Waals surface area contributed by atoms with Crippen molar-refractivity contribution in [1.29, 1.82) is 0 Å². The zero-order chi connectivity index (χ0) is 13.4. The van der Waals surface area contributed by atoms with Gasteiger partial charge in [0.05, 0.1) is 6.04 Å². The number of hydrogen-bond donors (Lipinski definition) is 2. The van der Waals surface area contributed by atoms with Gasteiger partial charge in [0.1, 0.15) is 18.1 Å². The molecule has 0 saturated carbocycles. The van der Waals surface area contributed by atoms with Crippen LogP contribution < -0.4 is 10.1 Å². The molecular weight excluding hydrogens is 238 g/mol. The molecule has 1 heterocycles. The van der Waals surface area contributed by atoms with Crippen molar-refractivity contribution in [2.45, 2.75) is 19.9 Å². The minimum absolute atomic E-state index is 0.136. The van der Waals surface area contributed by atoms with Crippen LogP contribution in [0.4, 0.5) is 5.69 Å². The van der Waals surface area contributed by atoms with Gasteiger partial charge in [0.25, 0.3) is 0 Å². The maximum atomic E-state index is 9.45. The van der Waals surface area contributed by atoms with Crippen LogP contribution in [-0.4, -0.2) is 11.7 Å². The highest BCUT2D eigenvalue weighted by atomic mass is 16.5. The van der Waals surface area contributed by atoms with E-state index in [9.17, 15) is 5.11 Å². The Morgan fingerprint density at radius 2 is 2.00 bits per heavy atom. The molecule has 98 valence electrons. The average Bonchev–Trinajstić information content (AvgIpc) is 2.75. The Labute approximate surface area is 112 Å². The smallest absolute Gasteiger partial charge is 0.128 e. The Hall–Kier alpha value is -2.16. The molecular formula is C16H17NO2. The molecule has 1 aliphatic rings. The number of benzene rings is 2. The van der Waals surface area contributed by atoms with Crippen LogP contribution in [0.15, 0.2) is 36.4 Å². The van der Waals surface area contributed by atoms with Gasteiger partial charge in [0.2, 0.25) is 0 Å². The van der Waals surface area contributed by atoms with Crippen LogP contribution in [-0.2, 0) is 0 Å². The highest BCUT2D eigenvalue weighted by Crippen LogP contribution is 2.37. The van der Waals surface area contributed by atoms with Crippen molar-refractivity contribution in [3.63, 3.8) is 0 Å². The van der Waals surface area contributed by atoms with E-state index < -0.39 is 0 Å². The van der Waals surface area contributed by atoms with Gasteiger partial charge >= 0.3 is 0 Å². The second kappa shape index (κ2) is 4.50. The summed E-state index contributed by atoms with van der Waals surface area (Å²) in [5.74, 6) is 1.01. The van der Waals surface area contributed by atoms with Crippen molar-refractivity contribution in [2.24, 2.45) is 0 Å². The third-order valence-corrected chi connectivity index (χ3v) is 3.49. The van der Waals surface area contributed by atoms with Gasteiger partial charge in [-0.2, -0.15) is 0 Å². The molecule has 3 rings (SSSR count). The second-order valence-corrected chi connectivity index (χ2v) is 5.05. The van der Waals surface area contributed by atoms with Crippen molar-refractivity contribution >= 4 is 5.69 Å². The summed E-state index contributed by atoms with van der Waals surface area (Å²) in [5, 5.41) is 13.0. The first-order chi connectivity index (χ1) is 9.13. The van der Waals surface area contributed by atoms with Gasteiger partial charge in [-0.05, 0) is 37.6 Å². The summed E-state index contributed by atoms with van der Waals surface area (Å²) < 4.78 is 5.61. The van der Waals surface area contributed by atoms with E-state index in [1.807, 2.05) is 6.07 Å². The number of hydrogen-bond acceptors (Lipinski definition) is 3. The Morgan fingerprint density at radius 1 is 1.16 bits per heavy atom. The summed E-state index contributed by atoms with van der Waals surface area (Å²) in [6, 6.07) is 11.8. The molecule has 0 amide bonds. The van der Waals surface area contributed by atoms with Crippen LogP contribution in [0.5, 0.6) is 11.5 Å². The molecule has 0 fully saturated rings. The molecule has 19 heavy (non-hydrogen) atoms. The van der Waals surface area contributed by atoms with E-state index in [1.165, 1.54) is 11.1 Å². The second-order valence-electron chi connectivity index (χ2n) is 5.05. The molecule has 0 aromatic heterocycles. The topological polar surface area (TPSA) is 41.5 Å². The van der Waals surface area contributed by atoms with E-state index in [-0.39, 0.29) is 11.8 Å². The van der Waals surface area contributed by atoms with E-state index in [0.717, 1.165) is 17.0 Å². The Bertz CT molecular complexity index is 622. The summed E-state index contributed by atoms with van der Waals surface area (Å²) in [7, 11) is 0. The third-order valence-electron chi connectivity index (χ3n) is 3.49. The minimum atomic E-state index is 0.136. The molecule has 3 heteroatoms.